The minimum Gasteiger partial charge on any atom is -0.463 e. The van der Waals surface area contributed by atoms with E-state index in [0.717, 1.165) is 5.56 Å². The lowest BCUT2D eigenvalue weighted by Gasteiger charge is -2.11. The van der Waals surface area contributed by atoms with Crippen LogP contribution in [-0.2, 0) is 6.54 Å². The van der Waals surface area contributed by atoms with Gasteiger partial charge in [0.25, 0.3) is 5.56 Å². The normalized spacial score (nSPS) is 10.8. The van der Waals surface area contributed by atoms with Crippen LogP contribution < -0.4 is 11.3 Å². The van der Waals surface area contributed by atoms with Crippen molar-refractivity contribution in [3.05, 3.63) is 58.7 Å². The van der Waals surface area contributed by atoms with E-state index in [-0.39, 0.29) is 16.9 Å². The number of hydrogen-bond donors (Lipinski definition) is 1. The fourth-order valence-corrected chi connectivity index (χ4v) is 3.25. The van der Waals surface area contributed by atoms with Crippen LogP contribution in [0.4, 0.5) is 5.82 Å². The number of nitrogen functional groups attached to an aromatic ring is 1. The summed E-state index contributed by atoms with van der Waals surface area (Å²) in [5.41, 5.74) is 11.2. The van der Waals surface area contributed by atoms with E-state index in [1.165, 1.54) is 6.07 Å². The van der Waals surface area contributed by atoms with Gasteiger partial charge in [0, 0.05) is 23.4 Å². The molecule has 3 aromatic heterocycles. The van der Waals surface area contributed by atoms with Gasteiger partial charge < -0.3 is 14.7 Å². The van der Waals surface area contributed by atoms with Gasteiger partial charge >= 0.3 is 0 Å². The quantitative estimate of drug-likeness (QED) is 0.547. The molecule has 0 spiro atoms. The van der Waals surface area contributed by atoms with Crippen LogP contribution in [0, 0.1) is 22.8 Å². The van der Waals surface area contributed by atoms with Gasteiger partial charge in [-0.1, -0.05) is 25.6 Å². The van der Waals surface area contributed by atoms with E-state index in [0.29, 0.717) is 23.6 Å². The zero-order valence-electron chi connectivity index (χ0n) is 16.0. The van der Waals surface area contributed by atoms with Crippen LogP contribution in [0.1, 0.15) is 5.56 Å². The maximum atomic E-state index is 12.2. The molecule has 0 aliphatic rings. The average molecular weight is 389 g/mol. The summed E-state index contributed by atoms with van der Waals surface area (Å²) in [7, 11) is -1.52. The van der Waals surface area contributed by atoms with Crippen molar-refractivity contribution in [3.8, 4) is 40.1 Å². The number of nitriles is 1. The van der Waals surface area contributed by atoms with Gasteiger partial charge in [-0.05, 0) is 24.3 Å². The summed E-state index contributed by atoms with van der Waals surface area (Å²) in [6.45, 7) is 6.76. The standard InChI is InChI=1S/C21H20N4O2Si/c1-28(2,3)11-5-9-25-14-15(7-8-19(25)26)17-12-16(13-22)21(23)24-20(17)18-6-4-10-27-18/h4,6-8,10,12,14H,9H2,1-3H3,(H2,23,24). The summed E-state index contributed by atoms with van der Waals surface area (Å²) in [4.78, 5) is 16.6. The highest BCUT2D eigenvalue weighted by Gasteiger charge is 2.16. The Morgan fingerprint density at radius 3 is 2.71 bits per heavy atom. The van der Waals surface area contributed by atoms with Gasteiger partial charge in [-0.25, -0.2) is 4.98 Å². The maximum absolute atomic E-state index is 12.2. The van der Waals surface area contributed by atoms with Crippen molar-refractivity contribution in [2.24, 2.45) is 0 Å². The van der Waals surface area contributed by atoms with Gasteiger partial charge in [-0.15, -0.1) is 5.54 Å². The Morgan fingerprint density at radius 2 is 2.07 bits per heavy atom. The Labute approximate surface area is 164 Å². The van der Waals surface area contributed by atoms with Crippen molar-refractivity contribution in [2.45, 2.75) is 26.2 Å². The van der Waals surface area contributed by atoms with Crippen molar-refractivity contribution >= 4 is 13.9 Å². The van der Waals surface area contributed by atoms with Crippen molar-refractivity contribution in [3.63, 3.8) is 0 Å². The first-order chi connectivity index (χ1) is 13.3. The molecular formula is C21H20N4O2Si. The van der Waals surface area contributed by atoms with Gasteiger partial charge in [-0.3, -0.25) is 4.79 Å². The van der Waals surface area contributed by atoms with Gasteiger partial charge in [0.1, 0.15) is 25.7 Å². The Bertz CT molecular complexity index is 1170. The molecule has 0 aliphatic carbocycles. The molecule has 0 amide bonds. The number of rotatable bonds is 3. The van der Waals surface area contributed by atoms with E-state index in [9.17, 15) is 10.1 Å². The monoisotopic (exact) mass is 388 g/mol. The molecule has 0 bridgehead atoms. The molecule has 0 saturated heterocycles. The van der Waals surface area contributed by atoms with Gasteiger partial charge in [0.05, 0.1) is 18.4 Å². The van der Waals surface area contributed by atoms with Gasteiger partial charge in [-0.2, -0.15) is 5.26 Å². The third-order valence-electron chi connectivity index (χ3n) is 3.93. The van der Waals surface area contributed by atoms with E-state index >= 15 is 0 Å². The predicted octanol–water partition coefficient (Wildman–Crippen LogP) is 3.50. The SMILES string of the molecule is C[Si](C)(C)C#CCn1cc(-c2cc(C#N)c(N)nc2-c2ccco2)ccc1=O. The molecule has 0 radical (unpaired) electrons. The van der Waals surface area contributed by atoms with Crippen molar-refractivity contribution in [2.75, 3.05) is 5.73 Å². The van der Waals surface area contributed by atoms with Crippen LogP contribution in [0.5, 0.6) is 0 Å². The highest BCUT2D eigenvalue weighted by atomic mass is 28.3. The summed E-state index contributed by atoms with van der Waals surface area (Å²) in [5, 5.41) is 9.34. The minimum atomic E-state index is -1.52. The van der Waals surface area contributed by atoms with E-state index < -0.39 is 8.07 Å². The second kappa shape index (κ2) is 7.59. The summed E-state index contributed by atoms with van der Waals surface area (Å²) >= 11 is 0. The third-order valence-corrected chi connectivity index (χ3v) is 4.86. The summed E-state index contributed by atoms with van der Waals surface area (Å²) in [5.74, 6) is 3.76. The lowest BCUT2D eigenvalue weighted by molar-refractivity contribution is 0.580. The highest BCUT2D eigenvalue weighted by molar-refractivity contribution is 6.83. The Balaban J connectivity index is 2.13. The Hall–Kier alpha value is -3.55. The summed E-state index contributed by atoms with van der Waals surface area (Å²) in [6, 6.07) is 10.4. The topological polar surface area (TPSA) is 97.8 Å². The second-order valence-electron chi connectivity index (χ2n) is 7.34. The number of nitrogens with two attached hydrogens (primary N) is 1. The van der Waals surface area contributed by atoms with E-state index in [1.807, 2.05) is 0 Å². The number of anilines is 1. The fourth-order valence-electron chi connectivity index (χ4n) is 2.64. The van der Waals surface area contributed by atoms with Crippen LogP contribution in [0.15, 0.2) is 52.0 Å². The molecule has 3 aromatic rings. The fraction of sp³-hybridized carbons (Fsp3) is 0.190. The first kappa shape index (κ1) is 19.2. The Kier molecular flexibility index (Phi) is 5.21. The molecule has 7 heteroatoms. The molecule has 140 valence electrons. The highest BCUT2D eigenvalue weighted by Crippen LogP contribution is 2.32. The minimum absolute atomic E-state index is 0.131. The van der Waals surface area contributed by atoms with E-state index in [4.69, 9.17) is 10.2 Å². The molecule has 3 heterocycles. The van der Waals surface area contributed by atoms with Crippen LogP contribution in [0.2, 0.25) is 19.6 Å². The molecule has 0 unspecified atom stereocenters. The number of nitrogens with zero attached hydrogens (tertiary/aromatic N) is 3. The van der Waals surface area contributed by atoms with Crippen LogP contribution in [0.25, 0.3) is 22.6 Å². The molecular weight excluding hydrogens is 368 g/mol. The zero-order valence-corrected chi connectivity index (χ0v) is 17.0. The number of furan rings is 1. The van der Waals surface area contributed by atoms with Crippen LogP contribution in [0.3, 0.4) is 0 Å². The average Bonchev–Trinajstić information content (AvgIpc) is 3.17. The van der Waals surface area contributed by atoms with Gasteiger partial charge in [0.2, 0.25) is 0 Å². The van der Waals surface area contributed by atoms with E-state index in [1.54, 1.807) is 41.3 Å². The lowest BCUT2D eigenvalue weighted by Crippen LogP contribution is -2.20. The summed E-state index contributed by atoms with van der Waals surface area (Å²) < 4.78 is 7.03. The molecule has 0 fully saturated rings. The molecule has 0 saturated carbocycles. The molecule has 28 heavy (non-hydrogen) atoms. The van der Waals surface area contributed by atoms with Crippen LogP contribution >= 0.6 is 0 Å². The predicted molar refractivity (Wildman–Crippen MR) is 112 cm³/mol. The van der Waals surface area contributed by atoms with Crippen LogP contribution in [-0.4, -0.2) is 17.6 Å². The first-order valence-electron chi connectivity index (χ1n) is 8.74. The van der Waals surface area contributed by atoms with Crippen molar-refractivity contribution in [1.82, 2.24) is 9.55 Å². The second-order valence-corrected chi connectivity index (χ2v) is 12.1. The number of aromatic nitrogens is 2. The molecule has 2 N–H and O–H groups in total. The largest absolute Gasteiger partial charge is 0.463 e. The smallest absolute Gasteiger partial charge is 0.251 e. The lowest BCUT2D eigenvalue weighted by atomic mass is 10.0. The number of pyridine rings is 2. The van der Waals surface area contributed by atoms with Crippen molar-refractivity contribution < 1.29 is 4.42 Å². The Morgan fingerprint density at radius 1 is 1.29 bits per heavy atom. The van der Waals surface area contributed by atoms with E-state index in [2.05, 4.69) is 42.2 Å². The molecule has 0 aliphatic heterocycles. The zero-order chi connectivity index (χ0) is 20.3. The molecule has 3 rings (SSSR count). The molecule has 6 nitrogen and oxygen atoms in total. The first-order valence-corrected chi connectivity index (χ1v) is 12.2. The summed E-state index contributed by atoms with van der Waals surface area (Å²) in [6.07, 6.45) is 3.27. The number of hydrogen-bond acceptors (Lipinski definition) is 5. The molecule has 0 aromatic carbocycles. The van der Waals surface area contributed by atoms with Crippen molar-refractivity contribution in [1.29, 1.82) is 5.26 Å². The van der Waals surface area contributed by atoms with Gasteiger partial charge in [0.15, 0.2) is 5.76 Å². The maximum Gasteiger partial charge on any atom is 0.251 e. The molecule has 0 atom stereocenters. The third kappa shape index (κ3) is 4.22.